The zero-order chi connectivity index (χ0) is 12.1. The summed E-state index contributed by atoms with van der Waals surface area (Å²) < 4.78 is 0. The summed E-state index contributed by atoms with van der Waals surface area (Å²) in [4.78, 5) is 24.5. The Bertz CT molecular complexity index is 271. The van der Waals surface area contributed by atoms with Crippen LogP contribution < -0.4 is 5.32 Å². The molecule has 1 N–H and O–H groups in total. The van der Waals surface area contributed by atoms with Gasteiger partial charge in [0.2, 0.25) is 5.91 Å². The number of nitrogens with zero attached hydrogens (tertiary/aromatic N) is 1. The third-order valence-corrected chi connectivity index (χ3v) is 4.27. The lowest BCUT2D eigenvalue weighted by atomic mass is 10.1. The van der Waals surface area contributed by atoms with E-state index in [0.29, 0.717) is 6.42 Å². The maximum atomic E-state index is 11.8. The minimum absolute atomic E-state index is 0.0327. The van der Waals surface area contributed by atoms with E-state index in [-0.39, 0.29) is 23.1 Å². The van der Waals surface area contributed by atoms with E-state index in [9.17, 15) is 9.59 Å². The fraction of sp³-hybridized carbons (Fsp3) is 0.818. The molecule has 2 unspecified atom stereocenters. The van der Waals surface area contributed by atoms with Crippen LogP contribution in [0.5, 0.6) is 0 Å². The van der Waals surface area contributed by atoms with Crippen molar-refractivity contribution in [1.82, 2.24) is 10.2 Å². The van der Waals surface area contributed by atoms with Gasteiger partial charge in [-0.25, -0.2) is 0 Å². The van der Waals surface area contributed by atoms with Crippen molar-refractivity contribution in [3.63, 3.8) is 0 Å². The number of carbonyl (C=O) groups excluding carboxylic acids is 2. The molecule has 1 amide bonds. The van der Waals surface area contributed by atoms with Crippen LogP contribution in [0, 0.1) is 0 Å². The van der Waals surface area contributed by atoms with Crippen molar-refractivity contribution in [1.29, 1.82) is 0 Å². The Balaban J connectivity index is 2.39. The van der Waals surface area contributed by atoms with Gasteiger partial charge < -0.3 is 10.2 Å². The van der Waals surface area contributed by atoms with E-state index >= 15 is 0 Å². The second-order valence-electron chi connectivity index (χ2n) is 4.15. The molecule has 5 heteroatoms. The molecule has 4 nitrogen and oxygen atoms in total. The molecule has 2 atom stereocenters. The monoisotopic (exact) mass is 244 g/mol. The van der Waals surface area contributed by atoms with E-state index in [1.54, 1.807) is 23.6 Å². The van der Waals surface area contributed by atoms with Crippen LogP contribution in [-0.2, 0) is 9.59 Å². The lowest BCUT2D eigenvalue weighted by Crippen LogP contribution is -2.51. The third kappa shape index (κ3) is 3.49. The summed E-state index contributed by atoms with van der Waals surface area (Å²) in [7, 11) is 3.66. The van der Waals surface area contributed by atoms with E-state index in [0.717, 1.165) is 18.6 Å². The topological polar surface area (TPSA) is 49.4 Å². The highest BCUT2D eigenvalue weighted by Crippen LogP contribution is 2.26. The Hall–Kier alpha value is -0.550. The normalized spacial score (nSPS) is 25.9. The Kier molecular flexibility index (Phi) is 5.28. The largest absolute Gasteiger partial charge is 0.332 e. The van der Waals surface area contributed by atoms with E-state index in [4.69, 9.17) is 0 Å². The highest BCUT2D eigenvalue weighted by molar-refractivity contribution is 7.99. The second kappa shape index (κ2) is 6.25. The van der Waals surface area contributed by atoms with Crippen molar-refractivity contribution in [3.8, 4) is 0 Å². The predicted octanol–water partition coefficient (Wildman–Crippen LogP) is 0.865. The zero-order valence-corrected chi connectivity index (χ0v) is 11.0. The molecule has 1 rings (SSSR count). The SMILES string of the molecule is CNC1CCC(SCCC(C)=O)N(C)C1=O. The molecule has 0 aromatic rings. The van der Waals surface area contributed by atoms with Gasteiger partial charge in [-0.15, -0.1) is 11.8 Å². The van der Waals surface area contributed by atoms with E-state index in [1.165, 1.54) is 0 Å². The molecule has 1 heterocycles. The Morgan fingerprint density at radius 3 is 2.81 bits per heavy atom. The predicted molar refractivity (Wildman–Crippen MR) is 66.4 cm³/mol. The van der Waals surface area contributed by atoms with Gasteiger partial charge in [0.05, 0.1) is 11.4 Å². The molecule has 1 aliphatic heterocycles. The minimum Gasteiger partial charge on any atom is -0.332 e. The molecule has 0 aromatic carbocycles. The first-order chi connectivity index (χ1) is 7.56. The molecule has 0 spiro atoms. The second-order valence-corrected chi connectivity index (χ2v) is 5.43. The summed E-state index contributed by atoms with van der Waals surface area (Å²) >= 11 is 1.71. The molecule has 1 saturated heterocycles. The number of piperidine rings is 1. The van der Waals surface area contributed by atoms with Gasteiger partial charge in [0.15, 0.2) is 0 Å². The van der Waals surface area contributed by atoms with Gasteiger partial charge in [-0.3, -0.25) is 9.59 Å². The van der Waals surface area contributed by atoms with Crippen LogP contribution in [0.25, 0.3) is 0 Å². The quantitative estimate of drug-likeness (QED) is 0.779. The highest BCUT2D eigenvalue weighted by atomic mass is 32.2. The zero-order valence-electron chi connectivity index (χ0n) is 10.2. The number of amides is 1. The van der Waals surface area contributed by atoms with Crippen molar-refractivity contribution in [2.45, 2.75) is 37.6 Å². The minimum atomic E-state index is -0.0327. The molecule has 16 heavy (non-hydrogen) atoms. The first-order valence-corrected chi connectivity index (χ1v) is 6.66. The Morgan fingerprint density at radius 2 is 2.25 bits per heavy atom. The molecule has 0 saturated carbocycles. The number of thioether (sulfide) groups is 1. The number of carbonyl (C=O) groups is 2. The molecular formula is C11H20N2O2S. The lowest BCUT2D eigenvalue weighted by molar-refractivity contribution is -0.135. The van der Waals surface area contributed by atoms with Gasteiger partial charge in [0, 0.05) is 19.2 Å². The van der Waals surface area contributed by atoms with Crippen molar-refractivity contribution in [2.24, 2.45) is 0 Å². The van der Waals surface area contributed by atoms with Crippen molar-refractivity contribution in [2.75, 3.05) is 19.8 Å². The summed E-state index contributed by atoms with van der Waals surface area (Å²) in [5.41, 5.74) is 0. The number of nitrogens with one attached hydrogen (secondary N) is 1. The van der Waals surface area contributed by atoms with Crippen molar-refractivity contribution < 1.29 is 9.59 Å². The number of hydrogen-bond donors (Lipinski definition) is 1. The maximum absolute atomic E-state index is 11.8. The molecule has 0 aromatic heterocycles. The van der Waals surface area contributed by atoms with Crippen LogP contribution in [-0.4, -0.2) is 47.9 Å². The summed E-state index contributed by atoms with van der Waals surface area (Å²) in [5.74, 6) is 1.18. The van der Waals surface area contributed by atoms with Crippen LogP contribution in [0.1, 0.15) is 26.2 Å². The maximum Gasteiger partial charge on any atom is 0.240 e. The average Bonchev–Trinajstić information content (AvgIpc) is 2.24. The lowest BCUT2D eigenvalue weighted by Gasteiger charge is -2.36. The number of ketones is 1. The van der Waals surface area contributed by atoms with Crippen LogP contribution in [0.2, 0.25) is 0 Å². The van der Waals surface area contributed by atoms with E-state index < -0.39 is 0 Å². The number of rotatable bonds is 5. The number of likely N-dealkylation sites (N-methyl/N-ethyl adjacent to an activating group) is 2. The van der Waals surface area contributed by atoms with E-state index in [1.807, 2.05) is 14.1 Å². The first kappa shape index (κ1) is 13.5. The van der Waals surface area contributed by atoms with Gasteiger partial charge in [-0.2, -0.15) is 0 Å². The molecule has 1 aliphatic rings. The summed E-state index contributed by atoms with van der Waals surface area (Å²) in [5, 5.41) is 3.26. The highest BCUT2D eigenvalue weighted by Gasteiger charge is 2.31. The fourth-order valence-electron chi connectivity index (χ4n) is 1.82. The molecule has 0 bridgehead atoms. The van der Waals surface area contributed by atoms with Gasteiger partial charge in [-0.05, 0) is 26.8 Å². The van der Waals surface area contributed by atoms with Crippen molar-refractivity contribution >= 4 is 23.5 Å². The molecule has 1 fully saturated rings. The first-order valence-electron chi connectivity index (χ1n) is 5.61. The Morgan fingerprint density at radius 1 is 1.56 bits per heavy atom. The third-order valence-electron chi connectivity index (χ3n) is 2.89. The summed E-state index contributed by atoms with van der Waals surface area (Å²) in [6, 6.07) is -0.0327. The summed E-state index contributed by atoms with van der Waals surface area (Å²) in [6.07, 6.45) is 2.48. The Labute approximate surface area is 101 Å². The molecular weight excluding hydrogens is 224 g/mol. The van der Waals surface area contributed by atoms with Gasteiger partial charge in [-0.1, -0.05) is 0 Å². The number of Topliss-reactive ketones (excluding diaryl/α,β-unsaturated/α-hetero) is 1. The van der Waals surface area contributed by atoms with Crippen molar-refractivity contribution in [3.05, 3.63) is 0 Å². The van der Waals surface area contributed by atoms with Crippen LogP contribution in [0.3, 0.4) is 0 Å². The standard InChI is InChI=1S/C11H20N2O2S/c1-8(14)6-7-16-10-5-4-9(12-2)11(15)13(10)3/h9-10,12H,4-7H2,1-3H3. The smallest absolute Gasteiger partial charge is 0.240 e. The number of likely N-dealkylation sites (tertiary alicyclic amines) is 1. The van der Waals surface area contributed by atoms with Crippen LogP contribution in [0.4, 0.5) is 0 Å². The van der Waals surface area contributed by atoms with Crippen LogP contribution >= 0.6 is 11.8 Å². The summed E-state index contributed by atoms with van der Waals surface area (Å²) in [6.45, 7) is 1.60. The van der Waals surface area contributed by atoms with Gasteiger partial charge >= 0.3 is 0 Å². The number of hydrogen-bond acceptors (Lipinski definition) is 4. The molecule has 0 radical (unpaired) electrons. The van der Waals surface area contributed by atoms with Gasteiger partial charge in [0.25, 0.3) is 0 Å². The fourth-order valence-corrected chi connectivity index (χ4v) is 3.12. The van der Waals surface area contributed by atoms with Crippen LogP contribution in [0.15, 0.2) is 0 Å². The molecule has 92 valence electrons. The van der Waals surface area contributed by atoms with E-state index in [2.05, 4.69) is 5.32 Å². The molecule has 0 aliphatic carbocycles. The van der Waals surface area contributed by atoms with Gasteiger partial charge in [0.1, 0.15) is 5.78 Å². The average molecular weight is 244 g/mol.